The van der Waals surface area contributed by atoms with Gasteiger partial charge in [-0.15, -0.1) is 0 Å². The van der Waals surface area contributed by atoms with E-state index in [1.54, 1.807) is 19.1 Å². The predicted octanol–water partition coefficient (Wildman–Crippen LogP) is 1.19. The van der Waals surface area contributed by atoms with Crippen molar-refractivity contribution < 1.29 is 14.6 Å². The van der Waals surface area contributed by atoms with E-state index in [-0.39, 0.29) is 35.4 Å². The Balaban J connectivity index is 2.64. The quantitative estimate of drug-likeness (QED) is 0.718. The summed E-state index contributed by atoms with van der Waals surface area (Å²) in [5.41, 5.74) is 12.0. The number of nitrogens with zero attached hydrogens (tertiary/aromatic N) is 2. The van der Waals surface area contributed by atoms with Crippen LogP contribution in [0.5, 0.6) is 5.75 Å². The number of aromatic nitrogens is 2. The van der Waals surface area contributed by atoms with Gasteiger partial charge in [-0.2, -0.15) is 4.98 Å². The summed E-state index contributed by atoms with van der Waals surface area (Å²) in [5.74, 6) is -0.723. The summed E-state index contributed by atoms with van der Waals surface area (Å²) in [6.07, 6.45) is 0. The fourth-order valence-electron chi connectivity index (χ4n) is 1.76. The number of hydrogen-bond acceptors (Lipinski definition) is 7. The van der Waals surface area contributed by atoms with E-state index in [4.69, 9.17) is 16.2 Å². The summed E-state index contributed by atoms with van der Waals surface area (Å²) in [4.78, 5) is 19.8. The molecule has 0 fully saturated rings. The maximum atomic E-state index is 12.0. The minimum Gasteiger partial charge on any atom is -0.508 e. The van der Waals surface area contributed by atoms with Crippen molar-refractivity contribution in [3.8, 4) is 17.0 Å². The molecule has 0 radical (unpaired) electrons. The monoisotopic (exact) mass is 274 g/mol. The predicted molar refractivity (Wildman–Crippen MR) is 73.9 cm³/mol. The molecule has 0 atom stereocenters. The minimum atomic E-state index is -0.636. The number of aromatic hydroxyl groups is 1. The van der Waals surface area contributed by atoms with E-state index in [1.807, 2.05) is 0 Å². The summed E-state index contributed by atoms with van der Waals surface area (Å²) in [6.45, 7) is 1.88. The molecule has 1 aromatic carbocycles. The number of benzene rings is 1. The lowest BCUT2D eigenvalue weighted by molar-refractivity contribution is 0.0528. The first-order valence-corrected chi connectivity index (χ1v) is 5.92. The van der Waals surface area contributed by atoms with Gasteiger partial charge in [0, 0.05) is 5.56 Å². The first-order valence-electron chi connectivity index (χ1n) is 5.92. The summed E-state index contributed by atoms with van der Waals surface area (Å²) < 4.78 is 4.94. The third-order valence-corrected chi connectivity index (χ3v) is 2.55. The van der Waals surface area contributed by atoms with Crippen molar-refractivity contribution in [2.75, 3.05) is 18.1 Å². The zero-order chi connectivity index (χ0) is 14.7. The number of carbonyl (C=O) groups is 1. The van der Waals surface area contributed by atoms with Gasteiger partial charge in [0.2, 0.25) is 5.95 Å². The second-order valence-electron chi connectivity index (χ2n) is 3.96. The van der Waals surface area contributed by atoms with Crippen LogP contribution in [0.2, 0.25) is 0 Å². The SMILES string of the molecule is CCOC(=O)c1c(N)nc(N)nc1-c1cccc(O)c1. The molecule has 0 bridgehead atoms. The van der Waals surface area contributed by atoms with Gasteiger partial charge < -0.3 is 21.3 Å². The number of phenols is 1. The molecule has 1 aromatic heterocycles. The van der Waals surface area contributed by atoms with Gasteiger partial charge in [-0.05, 0) is 19.1 Å². The Hall–Kier alpha value is -2.83. The standard InChI is InChI=1S/C13H14N4O3/c1-2-20-12(19)9-10(16-13(15)17-11(9)14)7-4-3-5-8(18)6-7/h3-6,18H,2H2,1H3,(H4,14,15,16,17). The molecule has 20 heavy (non-hydrogen) atoms. The van der Waals surface area contributed by atoms with Gasteiger partial charge in [0.05, 0.1) is 12.3 Å². The molecule has 0 unspecified atom stereocenters. The molecule has 1 heterocycles. The number of nitrogen functional groups attached to an aromatic ring is 2. The minimum absolute atomic E-state index is 0.0339. The maximum Gasteiger partial charge on any atom is 0.344 e. The molecule has 0 aliphatic rings. The van der Waals surface area contributed by atoms with Gasteiger partial charge in [0.25, 0.3) is 0 Å². The molecule has 7 nitrogen and oxygen atoms in total. The summed E-state index contributed by atoms with van der Waals surface area (Å²) >= 11 is 0. The summed E-state index contributed by atoms with van der Waals surface area (Å²) in [7, 11) is 0. The molecular weight excluding hydrogens is 260 g/mol. The Labute approximate surface area is 115 Å². The van der Waals surface area contributed by atoms with Crippen LogP contribution in [-0.2, 0) is 4.74 Å². The molecule has 104 valence electrons. The highest BCUT2D eigenvalue weighted by Gasteiger charge is 2.21. The van der Waals surface area contributed by atoms with Crippen LogP contribution >= 0.6 is 0 Å². The first-order chi connectivity index (χ1) is 9.52. The van der Waals surface area contributed by atoms with Crippen LogP contribution in [0.3, 0.4) is 0 Å². The number of anilines is 2. The zero-order valence-electron chi connectivity index (χ0n) is 10.8. The molecule has 0 saturated carbocycles. The maximum absolute atomic E-state index is 12.0. The third kappa shape index (κ3) is 2.61. The second-order valence-corrected chi connectivity index (χ2v) is 3.96. The van der Waals surface area contributed by atoms with Crippen LogP contribution in [0.15, 0.2) is 24.3 Å². The van der Waals surface area contributed by atoms with Crippen molar-refractivity contribution >= 4 is 17.7 Å². The van der Waals surface area contributed by atoms with Crippen LogP contribution in [0.25, 0.3) is 11.3 Å². The molecule has 0 aliphatic heterocycles. The van der Waals surface area contributed by atoms with E-state index in [1.165, 1.54) is 12.1 Å². The van der Waals surface area contributed by atoms with Crippen molar-refractivity contribution in [3.63, 3.8) is 0 Å². The molecule has 0 aliphatic carbocycles. The van der Waals surface area contributed by atoms with E-state index < -0.39 is 5.97 Å². The molecule has 2 rings (SSSR count). The Kier molecular flexibility index (Phi) is 3.69. The van der Waals surface area contributed by atoms with Gasteiger partial charge in [-0.1, -0.05) is 12.1 Å². The second kappa shape index (κ2) is 5.43. The Morgan fingerprint density at radius 2 is 2.10 bits per heavy atom. The molecule has 2 aromatic rings. The van der Waals surface area contributed by atoms with E-state index in [9.17, 15) is 9.90 Å². The fourth-order valence-corrected chi connectivity index (χ4v) is 1.76. The highest BCUT2D eigenvalue weighted by Crippen LogP contribution is 2.28. The number of carbonyl (C=O) groups excluding carboxylic acids is 1. The summed E-state index contributed by atoms with van der Waals surface area (Å²) in [5, 5.41) is 9.52. The number of ether oxygens (including phenoxy) is 1. The van der Waals surface area contributed by atoms with Crippen molar-refractivity contribution in [2.24, 2.45) is 0 Å². The van der Waals surface area contributed by atoms with Gasteiger partial charge in [-0.25, -0.2) is 9.78 Å². The van der Waals surface area contributed by atoms with Crippen molar-refractivity contribution in [2.45, 2.75) is 6.92 Å². The molecule has 0 amide bonds. The average Bonchev–Trinajstić information content (AvgIpc) is 2.37. The van der Waals surface area contributed by atoms with Gasteiger partial charge in [0.15, 0.2) is 0 Å². The van der Waals surface area contributed by atoms with Crippen LogP contribution in [0, 0.1) is 0 Å². The molecule has 7 heteroatoms. The van der Waals surface area contributed by atoms with Crippen molar-refractivity contribution in [1.82, 2.24) is 9.97 Å². The largest absolute Gasteiger partial charge is 0.508 e. The number of hydrogen-bond donors (Lipinski definition) is 3. The molecule has 0 saturated heterocycles. The van der Waals surface area contributed by atoms with Crippen molar-refractivity contribution in [1.29, 1.82) is 0 Å². The van der Waals surface area contributed by atoms with E-state index in [2.05, 4.69) is 9.97 Å². The van der Waals surface area contributed by atoms with Gasteiger partial charge >= 0.3 is 5.97 Å². The van der Waals surface area contributed by atoms with E-state index >= 15 is 0 Å². The number of esters is 1. The Morgan fingerprint density at radius 1 is 1.35 bits per heavy atom. The van der Waals surface area contributed by atoms with Crippen LogP contribution < -0.4 is 11.5 Å². The average molecular weight is 274 g/mol. The number of rotatable bonds is 3. The lowest BCUT2D eigenvalue weighted by Crippen LogP contribution is -2.14. The summed E-state index contributed by atoms with van der Waals surface area (Å²) in [6, 6.07) is 6.24. The topological polar surface area (TPSA) is 124 Å². The Bertz CT molecular complexity index is 658. The van der Waals surface area contributed by atoms with Crippen LogP contribution in [-0.4, -0.2) is 27.7 Å². The van der Waals surface area contributed by atoms with Crippen LogP contribution in [0.1, 0.15) is 17.3 Å². The van der Waals surface area contributed by atoms with Gasteiger partial charge in [-0.3, -0.25) is 0 Å². The smallest absolute Gasteiger partial charge is 0.344 e. The molecule has 0 spiro atoms. The highest BCUT2D eigenvalue weighted by atomic mass is 16.5. The van der Waals surface area contributed by atoms with Gasteiger partial charge in [0.1, 0.15) is 17.1 Å². The first kappa shape index (κ1) is 13.6. The Morgan fingerprint density at radius 3 is 2.75 bits per heavy atom. The number of phenolic OH excluding ortho intramolecular Hbond substituents is 1. The lowest BCUT2D eigenvalue weighted by Gasteiger charge is -2.11. The van der Waals surface area contributed by atoms with Crippen LogP contribution in [0.4, 0.5) is 11.8 Å². The van der Waals surface area contributed by atoms with Crippen molar-refractivity contribution in [3.05, 3.63) is 29.8 Å². The lowest BCUT2D eigenvalue weighted by atomic mass is 10.1. The fraction of sp³-hybridized carbons (Fsp3) is 0.154. The van der Waals surface area contributed by atoms with E-state index in [0.717, 1.165) is 0 Å². The highest BCUT2D eigenvalue weighted by molar-refractivity contribution is 6.00. The normalized spacial score (nSPS) is 10.2. The molecule has 5 N–H and O–H groups in total. The number of nitrogens with two attached hydrogens (primary N) is 2. The van der Waals surface area contributed by atoms with E-state index in [0.29, 0.717) is 5.56 Å². The molecular formula is C13H14N4O3. The zero-order valence-corrected chi connectivity index (χ0v) is 10.8. The third-order valence-electron chi connectivity index (χ3n) is 2.55.